The summed E-state index contributed by atoms with van der Waals surface area (Å²) in [4.78, 5) is 25.3. The molecule has 1 N–H and O–H groups in total. The van der Waals surface area contributed by atoms with Crippen LogP contribution >= 0.6 is 0 Å². The third-order valence-electron chi connectivity index (χ3n) is 4.50. The minimum Gasteiger partial charge on any atom is -0.466 e. The van der Waals surface area contributed by atoms with Gasteiger partial charge in [0.25, 0.3) is 0 Å². The van der Waals surface area contributed by atoms with Crippen molar-refractivity contribution in [3.05, 3.63) is 35.6 Å². The molecule has 1 unspecified atom stereocenters. The predicted octanol–water partition coefficient (Wildman–Crippen LogP) is 3.13. The Labute approximate surface area is 148 Å². The van der Waals surface area contributed by atoms with E-state index in [2.05, 4.69) is 5.32 Å². The molecule has 1 aliphatic rings. The van der Waals surface area contributed by atoms with Crippen molar-refractivity contribution in [1.82, 2.24) is 10.2 Å². The quantitative estimate of drug-likeness (QED) is 0.769. The highest BCUT2D eigenvalue weighted by Crippen LogP contribution is 2.22. The fraction of sp³-hybridized carbons (Fsp3) is 0.579. The predicted molar refractivity (Wildman–Crippen MR) is 93.7 cm³/mol. The minimum absolute atomic E-state index is 0.139. The number of aryl methyl sites for hydroxylation is 1. The van der Waals surface area contributed by atoms with Crippen LogP contribution in [0.4, 0.5) is 9.18 Å². The molecule has 1 heterocycles. The Morgan fingerprint density at radius 1 is 1.36 bits per heavy atom. The van der Waals surface area contributed by atoms with Crippen LogP contribution in [-0.4, -0.2) is 43.1 Å². The van der Waals surface area contributed by atoms with Crippen LogP contribution in [0.5, 0.6) is 0 Å². The summed E-state index contributed by atoms with van der Waals surface area (Å²) < 4.78 is 18.5. The summed E-state index contributed by atoms with van der Waals surface area (Å²) in [6, 6.07) is 6.71. The molecule has 1 aromatic carbocycles. The van der Waals surface area contributed by atoms with Crippen molar-refractivity contribution in [2.75, 3.05) is 26.2 Å². The average Bonchev–Trinajstić information content (AvgIpc) is 2.61. The van der Waals surface area contributed by atoms with Gasteiger partial charge in [0.15, 0.2) is 0 Å². The first-order valence-electron chi connectivity index (χ1n) is 9.02. The summed E-state index contributed by atoms with van der Waals surface area (Å²) >= 11 is 0. The van der Waals surface area contributed by atoms with Crippen LogP contribution in [0.1, 0.15) is 38.2 Å². The Kier molecular flexibility index (Phi) is 7.70. The summed E-state index contributed by atoms with van der Waals surface area (Å²) in [6.07, 6.45) is 3.75. The first-order chi connectivity index (χ1) is 12.1. The van der Waals surface area contributed by atoms with Gasteiger partial charge in [-0.1, -0.05) is 18.2 Å². The lowest BCUT2D eigenvalue weighted by Crippen LogP contribution is -2.46. The van der Waals surface area contributed by atoms with Gasteiger partial charge < -0.3 is 15.0 Å². The SMILES string of the molecule is CCOC(=O)CCNC(=O)N1CCCC(CCc2ccccc2F)C1. The maximum atomic E-state index is 13.7. The standard InChI is InChI=1S/C19H27FN2O3/c1-2-25-18(23)11-12-21-19(24)22-13-5-6-15(14-22)9-10-16-7-3-4-8-17(16)20/h3-4,7-8,15H,2,5-6,9-14H2,1H3,(H,21,24). The fourth-order valence-corrected chi connectivity index (χ4v) is 3.16. The highest BCUT2D eigenvalue weighted by molar-refractivity contribution is 5.75. The van der Waals surface area contributed by atoms with Crippen molar-refractivity contribution in [1.29, 1.82) is 0 Å². The van der Waals surface area contributed by atoms with Crippen LogP contribution in [-0.2, 0) is 16.0 Å². The van der Waals surface area contributed by atoms with E-state index in [1.165, 1.54) is 6.07 Å². The van der Waals surface area contributed by atoms with Gasteiger partial charge in [0.2, 0.25) is 0 Å². The second kappa shape index (κ2) is 10.0. The van der Waals surface area contributed by atoms with Gasteiger partial charge in [-0.25, -0.2) is 9.18 Å². The Bertz CT molecular complexity index is 580. The second-order valence-corrected chi connectivity index (χ2v) is 6.37. The molecule has 1 fully saturated rings. The number of amides is 2. The monoisotopic (exact) mass is 350 g/mol. The molecule has 0 spiro atoms. The molecule has 2 amide bonds. The lowest BCUT2D eigenvalue weighted by molar-refractivity contribution is -0.142. The highest BCUT2D eigenvalue weighted by atomic mass is 19.1. The van der Waals surface area contributed by atoms with E-state index in [0.29, 0.717) is 25.5 Å². The maximum Gasteiger partial charge on any atom is 0.317 e. The number of benzene rings is 1. The number of hydrogen-bond donors (Lipinski definition) is 1. The van der Waals surface area contributed by atoms with Crippen molar-refractivity contribution >= 4 is 12.0 Å². The van der Waals surface area contributed by atoms with Gasteiger partial charge in [-0.15, -0.1) is 0 Å². The number of halogens is 1. The molecule has 0 radical (unpaired) electrons. The molecular weight excluding hydrogens is 323 g/mol. The molecule has 1 atom stereocenters. The Hall–Kier alpha value is -2.11. The number of carbonyl (C=O) groups excluding carboxylic acids is 2. The number of esters is 1. The molecule has 0 saturated carbocycles. The van der Waals surface area contributed by atoms with Crippen molar-refractivity contribution in [2.24, 2.45) is 5.92 Å². The average molecular weight is 350 g/mol. The van der Waals surface area contributed by atoms with Gasteiger partial charge in [-0.2, -0.15) is 0 Å². The number of urea groups is 1. The van der Waals surface area contributed by atoms with Crippen molar-refractivity contribution < 1.29 is 18.7 Å². The van der Waals surface area contributed by atoms with E-state index in [1.807, 2.05) is 12.1 Å². The smallest absolute Gasteiger partial charge is 0.317 e. The number of ether oxygens (including phenoxy) is 1. The zero-order chi connectivity index (χ0) is 18.1. The maximum absolute atomic E-state index is 13.7. The van der Waals surface area contributed by atoms with Crippen LogP contribution in [0.3, 0.4) is 0 Å². The van der Waals surface area contributed by atoms with E-state index in [0.717, 1.165) is 31.4 Å². The first kappa shape index (κ1) is 19.2. The lowest BCUT2D eigenvalue weighted by atomic mass is 9.91. The number of nitrogens with one attached hydrogen (secondary N) is 1. The Morgan fingerprint density at radius 2 is 2.16 bits per heavy atom. The van der Waals surface area contributed by atoms with Crippen molar-refractivity contribution in [2.45, 2.75) is 39.0 Å². The largest absolute Gasteiger partial charge is 0.466 e. The Morgan fingerprint density at radius 3 is 2.92 bits per heavy atom. The number of likely N-dealkylation sites (tertiary alicyclic amines) is 1. The summed E-state index contributed by atoms with van der Waals surface area (Å²) in [5.74, 6) is -0.0831. The number of nitrogens with zero attached hydrogens (tertiary/aromatic N) is 1. The highest BCUT2D eigenvalue weighted by Gasteiger charge is 2.23. The van der Waals surface area contributed by atoms with Gasteiger partial charge in [0, 0.05) is 19.6 Å². The van der Waals surface area contributed by atoms with Crippen molar-refractivity contribution in [3.8, 4) is 0 Å². The minimum atomic E-state index is -0.302. The van der Waals surface area contributed by atoms with E-state index >= 15 is 0 Å². The van der Waals surface area contributed by atoms with E-state index in [4.69, 9.17) is 4.74 Å². The zero-order valence-electron chi connectivity index (χ0n) is 14.8. The van der Waals surface area contributed by atoms with Crippen molar-refractivity contribution in [3.63, 3.8) is 0 Å². The van der Waals surface area contributed by atoms with Crippen LogP contribution in [0, 0.1) is 11.7 Å². The number of carbonyl (C=O) groups is 2. The molecule has 0 aromatic heterocycles. The fourth-order valence-electron chi connectivity index (χ4n) is 3.16. The van der Waals surface area contributed by atoms with E-state index < -0.39 is 0 Å². The molecule has 1 saturated heterocycles. The second-order valence-electron chi connectivity index (χ2n) is 6.37. The van der Waals surface area contributed by atoms with E-state index in [1.54, 1.807) is 17.9 Å². The number of rotatable bonds is 7. The molecule has 2 rings (SSSR count). The molecule has 6 heteroatoms. The van der Waals surface area contributed by atoms with Crippen LogP contribution in [0.25, 0.3) is 0 Å². The van der Waals surface area contributed by atoms with Gasteiger partial charge in [-0.3, -0.25) is 4.79 Å². The van der Waals surface area contributed by atoms with Crippen LogP contribution in [0.2, 0.25) is 0 Å². The van der Waals surface area contributed by atoms with Gasteiger partial charge in [0.1, 0.15) is 5.82 Å². The summed E-state index contributed by atoms with van der Waals surface area (Å²) in [5, 5.41) is 2.77. The van der Waals surface area contributed by atoms with Gasteiger partial charge >= 0.3 is 12.0 Å². The first-order valence-corrected chi connectivity index (χ1v) is 9.02. The zero-order valence-corrected chi connectivity index (χ0v) is 14.8. The molecule has 138 valence electrons. The molecule has 1 aromatic rings. The molecule has 5 nitrogen and oxygen atoms in total. The number of piperidine rings is 1. The topological polar surface area (TPSA) is 58.6 Å². The van der Waals surface area contributed by atoms with Gasteiger partial charge in [-0.05, 0) is 50.2 Å². The van der Waals surface area contributed by atoms with Crippen LogP contribution in [0.15, 0.2) is 24.3 Å². The molecular formula is C19H27FN2O3. The normalized spacial score (nSPS) is 17.2. The summed E-state index contributed by atoms with van der Waals surface area (Å²) in [5.41, 5.74) is 0.735. The molecule has 0 aliphatic carbocycles. The Balaban J connectivity index is 1.73. The molecule has 0 bridgehead atoms. The molecule has 25 heavy (non-hydrogen) atoms. The molecule has 1 aliphatic heterocycles. The lowest BCUT2D eigenvalue weighted by Gasteiger charge is -2.33. The number of hydrogen-bond acceptors (Lipinski definition) is 3. The van der Waals surface area contributed by atoms with Gasteiger partial charge in [0.05, 0.1) is 13.0 Å². The van der Waals surface area contributed by atoms with E-state index in [-0.39, 0.29) is 30.8 Å². The van der Waals surface area contributed by atoms with Crippen LogP contribution < -0.4 is 5.32 Å². The summed E-state index contributed by atoms with van der Waals surface area (Å²) in [6.45, 7) is 3.80. The summed E-state index contributed by atoms with van der Waals surface area (Å²) in [7, 11) is 0. The third kappa shape index (κ3) is 6.36. The third-order valence-corrected chi connectivity index (χ3v) is 4.50. The van der Waals surface area contributed by atoms with E-state index in [9.17, 15) is 14.0 Å².